The van der Waals surface area contributed by atoms with Crippen molar-refractivity contribution in [1.29, 1.82) is 0 Å². The first-order valence-corrected chi connectivity index (χ1v) is 11.6. The lowest BCUT2D eigenvalue weighted by Crippen LogP contribution is -2.27. The van der Waals surface area contributed by atoms with Crippen LogP contribution in [0.3, 0.4) is 0 Å². The number of benzene rings is 1. The first-order chi connectivity index (χ1) is 14.1. The zero-order valence-corrected chi connectivity index (χ0v) is 17.8. The second-order valence-corrected chi connectivity index (χ2v) is 10.0. The lowest BCUT2D eigenvalue weighted by Gasteiger charge is -2.14. The van der Waals surface area contributed by atoms with Crippen LogP contribution >= 0.6 is 11.3 Å². The molecule has 1 saturated heterocycles. The first kappa shape index (κ1) is 22.6. The van der Waals surface area contributed by atoms with E-state index in [1.807, 2.05) is 0 Å². The molecule has 1 aliphatic rings. The molecule has 0 bridgehead atoms. The van der Waals surface area contributed by atoms with Gasteiger partial charge in [-0.1, -0.05) is 0 Å². The van der Waals surface area contributed by atoms with Crippen LogP contribution < -0.4 is 10.1 Å². The van der Waals surface area contributed by atoms with Gasteiger partial charge in [-0.25, -0.2) is 8.42 Å². The summed E-state index contributed by atoms with van der Waals surface area (Å²) in [5.74, 6) is -0.440. The zero-order chi connectivity index (χ0) is 21.9. The minimum atomic E-state index is -4.56. The number of amides is 1. The molecule has 11 heteroatoms. The molecule has 6 nitrogen and oxygen atoms in total. The lowest BCUT2D eigenvalue weighted by molar-refractivity contribution is -0.137. The highest BCUT2D eigenvalue weighted by Crippen LogP contribution is 2.35. The number of halogens is 3. The Kier molecular flexibility index (Phi) is 6.73. The van der Waals surface area contributed by atoms with E-state index in [1.54, 1.807) is 13.0 Å². The number of nitrogens with zero attached hydrogens (tertiary/aromatic N) is 1. The summed E-state index contributed by atoms with van der Waals surface area (Å²) >= 11 is 0.986. The van der Waals surface area contributed by atoms with Crippen molar-refractivity contribution in [3.8, 4) is 5.75 Å². The second-order valence-electron chi connectivity index (χ2n) is 6.70. The van der Waals surface area contributed by atoms with E-state index in [1.165, 1.54) is 10.4 Å². The van der Waals surface area contributed by atoms with Gasteiger partial charge in [0.25, 0.3) is 10.0 Å². The molecular formula is C19H21F3N2O4S2. The van der Waals surface area contributed by atoms with E-state index in [0.717, 1.165) is 42.4 Å². The van der Waals surface area contributed by atoms with Crippen molar-refractivity contribution in [1.82, 2.24) is 4.31 Å². The summed E-state index contributed by atoms with van der Waals surface area (Å²) in [5, 5.41) is 2.44. The number of hydrogen-bond donors (Lipinski definition) is 1. The van der Waals surface area contributed by atoms with Gasteiger partial charge in [-0.2, -0.15) is 17.5 Å². The fourth-order valence-electron chi connectivity index (χ4n) is 3.09. The number of hydrogen-bond acceptors (Lipinski definition) is 5. The van der Waals surface area contributed by atoms with Crippen LogP contribution in [-0.2, 0) is 27.4 Å². The molecule has 1 N–H and O–H groups in total. The van der Waals surface area contributed by atoms with Gasteiger partial charge < -0.3 is 10.1 Å². The van der Waals surface area contributed by atoms with Gasteiger partial charge >= 0.3 is 6.18 Å². The van der Waals surface area contributed by atoms with Crippen LogP contribution in [0.1, 0.15) is 30.2 Å². The molecule has 0 atom stereocenters. The number of alkyl halides is 3. The Balaban J connectivity index is 1.74. The maximum atomic E-state index is 13.0. The highest BCUT2D eigenvalue weighted by atomic mass is 32.2. The summed E-state index contributed by atoms with van der Waals surface area (Å²) < 4.78 is 71.0. The van der Waals surface area contributed by atoms with Crippen molar-refractivity contribution < 1.29 is 31.1 Å². The summed E-state index contributed by atoms with van der Waals surface area (Å²) in [7, 11) is -3.57. The predicted molar refractivity (Wildman–Crippen MR) is 107 cm³/mol. The molecule has 30 heavy (non-hydrogen) atoms. The van der Waals surface area contributed by atoms with Gasteiger partial charge in [0.05, 0.1) is 24.3 Å². The first-order valence-electron chi connectivity index (χ1n) is 9.34. The summed E-state index contributed by atoms with van der Waals surface area (Å²) in [6.07, 6.45) is -3.09. The Morgan fingerprint density at radius 1 is 1.20 bits per heavy atom. The summed E-state index contributed by atoms with van der Waals surface area (Å²) in [6.45, 7) is 2.85. The highest BCUT2D eigenvalue weighted by Gasteiger charge is 2.32. The van der Waals surface area contributed by atoms with E-state index >= 15 is 0 Å². The maximum Gasteiger partial charge on any atom is 0.416 e. The number of ether oxygens (including phenoxy) is 1. The molecule has 3 rings (SSSR count). The van der Waals surface area contributed by atoms with Crippen molar-refractivity contribution in [2.45, 2.75) is 36.6 Å². The molecule has 2 heterocycles. The van der Waals surface area contributed by atoms with Gasteiger partial charge in [-0.05, 0) is 50.1 Å². The monoisotopic (exact) mass is 462 g/mol. The van der Waals surface area contributed by atoms with Crippen LogP contribution in [0.15, 0.2) is 34.5 Å². The standard InChI is InChI=1S/C19H21F3N2O4S2/c1-2-28-16-7-5-13(19(20,21)22)11-15(16)23-17(25)12-14-6-8-18(29-14)30(26,27)24-9-3-4-10-24/h5-8,11H,2-4,9-10,12H2,1H3,(H,23,25). The van der Waals surface area contributed by atoms with Crippen LogP contribution in [0.2, 0.25) is 0 Å². The third-order valence-electron chi connectivity index (χ3n) is 4.51. The van der Waals surface area contributed by atoms with Crippen LogP contribution in [0.4, 0.5) is 18.9 Å². The number of rotatable bonds is 7. The Bertz CT molecular complexity index is 1010. The number of anilines is 1. The van der Waals surface area contributed by atoms with Crippen molar-refractivity contribution >= 4 is 33.0 Å². The van der Waals surface area contributed by atoms with Crippen LogP contribution in [0, 0.1) is 0 Å². The molecule has 0 saturated carbocycles. The number of sulfonamides is 1. The molecule has 1 aliphatic heterocycles. The topological polar surface area (TPSA) is 75.7 Å². The summed E-state index contributed by atoms with van der Waals surface area (Å²) in [6, 6.07) is 5.86. The molecule has 0 radical (unpaired) electrons. The van der Waals surface area contributed by atoms with Crippen molar-refractivity contribution in [2.24, 2.45) is 0 Å². The van der Waals surface area contributed by atoms with Gasteiger partial charge in [0.15, 0.2) is 0 Å². The Morgan fingerprint density at radius 3 is 2.53 bits per heavy atom. The Hall–Kier alpha value is -2.11. The van der Waals surface area contributed by atoms with Crippen molar-refractivity contribution in [3.05, 3.63) is 40.8 Å². The van der Waals surface area contributed by atoms with Gasteiger partial charge in [0.1, 0.15) is 9.96 Å². The molecule has 1 aromatic carbocycles. The van der Waals surface area contributed by atoms with Crippen LogP contribution in [0.25, 0.3) is 0 Å². The van der Waals surface area contributed by atoms with Gasteiger partial charge in [-0.15, -0.1) is 11.3 Å². The van der Waals surface area contributed by atoms with E-state index in [-0.39, 0.29) is 28.7 Å². The smallest absolute Gasteiger partial charge is 0.416 e. The highest BCUT2D eigenvalue weighted by molar-refractivity contribution is 7.91. The molecule has 1 amide bonds. The quantitative estimate of drug-likeness (QED) is 0.671. The Labute approximate surface area is 176 Å². The predicted octanol–water partition coefficient (Wildman–Crippen LogP) is 4.13. The normalized spacial score (nSPS) is 15.3. The van der Waals surface area contributed by atoms with Crippen molar-refractivity contribution in [3.63, 3.8) is 0 Å². The van der Waals surface area contributed by atoms with E-state index < -0.39 is 27.7 Å². The van der Waals surface area contributed by atoms with Crippen molar-refractivity contribution in [2.75, 3.05) is 25.0 Å². The third kappa shape index (κ3) is 5.13. The average molecular weight is 463 g/mol. The third-order valence-corrected chi connectivity index (χ3v) is 7.96. The molecule has 0 aliphatic carbocycles. The largest absolute Gasteiger partial charge is 0.492 e. The van der Waals surface area contributed by atoms with Gasteiger partial charge in [-0.3, -0.25) is 4.79 Å². The molecular weight excluding hydrogens is 441 g/mol. The number of carbonyl (C=O) groups excluding carboxylic acids is 1. The van der Waals surface area contributed by atoms with Gasteiger partial charge in [0, 0.05) is 18.0 Å². The van der Waals surface area contributed by atoms with E-state index in [4.69, 9.17) is 4.74 Å². The fourth-order valence-corrected chi connectivity index (χ4v) is 6.11. The van der Waals surface area contributed by atoms with E-state index in [0.29, 0.717) is 18.0 Å². The number of thiophene rings is 1. The summed E-state index contributed by atoms with van der Waals surface area (Å²) in [5.41, 5.74) is -0.991. The molecule has 1 fully saturated rings. The van der Waals surface area contributed by atoms with Crippen LogP contribution in [0.5, 0.6) is 5.75 Å². The summed E-state index contributed by atoms with van der Waals surface area (Å²) in [4.78, 5) is 12.9. The molecule has 1 aromatic heterocycles. The zero-order valence-electron chi connectivity index (χ0n) is 16.2. The minimum Gasteiger partial charge on any atom is -0.492 e. The maximum absolute atomic E-state index is 13.0. The van der Waals surface area contributed by atoms with E-state index in [2.05, 4.69) is 5.32 Å². The van der Waals surface area contributed by atoms with Crippen LogP contribution in [-0.4, -0.2) is 38.3 Å². The lowest BCUT2D eigenvalue weighted by atomic mass is 10.1. The molecule has 0 unspecified atom stereocenters. The van der Waals surface area contributed by atoms with E-state index in [9.17, 15) is 26.4 Å². The molecule has 2 aromatic rings. The van der Waals surface area contributed by atoms with Gasteiger partial charge in [0.2, 0.25) is 5.91 Å². The molecule has 0 spiro atoms. The minimum absolute atomic E-state index is 0.0851. The fraction of sp³-hybridized carbons (Fsp3) is 0.421. The Morgan fingerprint density at radius 2 is 1.90 bits per heavy atom. The second kappa shape index (κ2) is 8.94. The SMILES string of the molecule is CCOc1ccc(C(F)(F)F)cc1NC(=O)Cc1ccc(S(=O)(=O)N2CCCC2)s1. The average Bonchev–Trinajstić information content (AvgIpc) is 3.35. The number of carbonyl (C=O) groups is 1. The molecule has 164 valence electrons. The number of nitrogens with one attached hydrogen (secondary N) is 1.